The molecule has 30 heavy (non-hydrogen) atoms. The Labute approximate surface area is 173 Å². The fraction of sp³-hybridized carbons (Fsp3) is 0.318. The van der Waals surface area contributed by atoms with Gasteiger partial charge in [0.05, 0.1) is 17.6 Å². The van der Waals surface area contributed by atoms with E-state index in [0.29, 0.717) is 36.5 Å². The van der Waals surface area contributed by atoms with E-state index in [1.807, 2.05) is 40.1 Å². The molecule has 2 saturated heterocycles. The Hall–Kier alpha value is -3.55. The molecule has 0 radical (unpaired) electrons. The SMILES string of the molecule is Cc1ccccc1CN1C(=O)C[C@H]2[C@@H]1CCN2C(=O)c1ccccc1-c1nn[nH]n1. The summed E-state index contributed by atoms with van der Waals surface area (Å²) in [6, 6.07) is 15.4. The van der Waals surface area contributed by atoms with Crippen molar-refractivity contribution >= 4 is 11.8 Å². The zero-order valence-corrected chi connectivity index (χ0v) is 16.7. The standard InChI is InChI=1S/C22H22N6O2/c1-14-6-2-3-7-15(14)13-28-18-10-11-27(19(18)12-20(28)29)22(30)17-9-5-4-8-16(17)21-23-25-26-24-21/h2-9,18-19H,10-13H2,1H3,(H,23,24,25,26)/t18-,19-/m0/s1. The van der Waals surface area contributed by atoms with Gasteiger partial charge in [0.25, 0.3) is 5.91 Å². The number of hydrogen-bond acceptors (Lipinski definition) is 5. The normalized spacial score (nSPS) is 20.6. The molecule has 2 aliphatic rings. The van der Waals surface area contributed by atoms with Crippen LogP contribution in [0.1, 0.15) is 34.3 Å². The van der Waals surface area contributed by atoms with Crippen molar-refractivity contribution in [3.63, 3.8) is 0 Å². The van der Waals surface area contributed by atoms with Crippen molar-refractivity contribution < 1.29 is 9.59 Å². The first-order chi connectivity index (χ1) is 14.6. The van der Waals surface area contributed by atoms with Gasteiger partial charge >= 0.3 is 0 Å². The lowest BCUT2D eigenvalue weighted by atomic mass is 10.0. The van der Waals surface area contributed by atoms with E-state index in [1.54, 1.807) is 6.07 Å². The number of carbonyl (C=O) groups is 2. The van der Waals surface area contributed by atoms with Crippen LogP contribution in [-0.4, -0.2) is 60.9 Å². The Morgan fingerprint density at radius 1 is 1.13 bits per heavy atom. The zero-order valence-electron chi connectivity index (χ0n) is 16.7. The third-order valence-corrected chi connectivity index (χ3v) is 6.22. The van der Waals surface area contributed by atoms with Gasteiger partial charge in [0.1, 0.15) is 0 Å². The Morgan fingerprint density at radius 3 is 2.73 bits per heavy atom. The van der Waals surface area contributed by atoms with Gasteiger partial charge in [-0.15, -0.1) is 10.2 Å². The van der Waals surface area contributed by atoms with Gasteiger partial charge in [-0.05, 0) is 35.8 Å². The van der Waals surface area contributed by atoms with Crippen LogP contribution < -0.4 is 0 Å². The van der Waals surface area contributed by atoms with Gasteiger partial charge in [-0.1, -0.05) is 42.5 Å². The third kappa shape index (κ3) is 3.04. The first kappa shape index (κ1) is 18.5. The smallest absolute Gasteiger partial charge is 0.254 e. The fourth-order valence-electron chi connectivity index (χ4n) is 4.65. The number of likely N-dealkylation sites (tertiary alicyclic amines) is 2. The molecule has 0 unspecified atom stereocenters. The molecule has 2 amide bonds. The molecule has 1 aromatic heterocycles. The second-order valence-electron chi connectivity index (χ2n) is 7.86. The molecule has 8 heteroatoms. The number of hydrogen-bond donors (Lipinski definition) is 1. The molecule has 2 aromatic carbocycles. The van der Waals surface area contributed by atoms with E-state index in [2.05, 4.69) is 39.7 Å². The summed E-state index contributed by atoms with van der Waals surface area (Å²) >= 11 is 0. The van der Waals surface area contributed by atoms with Crippen LogP contribution in [-0.2, 0) is 11.3 Å². The van der Waals surface area contributed by atoms with Crippen LogP contribution in [0.3, 0.4) is 0 Å². The number of nitrogens with zero attached hydrogens (tertiary/aromatic N) is 5. The van der Waals surface area contributed by atoms with Gasteiger partial charge in [0.15, 0.2) is 0 Å². The average Bonchev–Trinajstić information content (AvgIpc) is 3.48. The quantitative estimate of drug-likeness (QED) is 0.722. The van der Waals surface area contributed by atoms with Gasteiger partial charge in [-0.3, -0.25) is 9.59 Å². The Kier molecular flexibility index (Phi) is 4.54. The molecule has 0 spiro atoms. The molecule has 3 aromatic rings. The van der Waals surface area contributed by atoms with Gasteiger partial charge in [0.2, 0.25) is 11.7 Å². The van der Waals surface area contributed by atoms with Crippen molar-refractivity contribution in [2.24, 2.45) is 0 Å². The summed E-state index contributed by atoms with van der Waals surface area (Å²) < 4.78 is 0. The summed E-state index contributed by atoms with van der Waals surface area (Å²) in [7, 11) is 0. The molecular formula is C22H22N6O2. The van der Waals surface area contributed by atoms with Gasteiger partial charge < -0.3 is 9.80 Å². The van der Waals surface area contributed by atoms with E-state index in [4.69, 9.17) is 0 Å². The van der Waals surface area contributed by atoms with Crippen molar-refractivity contribution in [1.82, 2.24) is 30.4 Å². The minimum Gasteiger partial charge on any atom is -0.333 e. The summed E-state index contributed by atoms with van der Waals surface area (Å²) in [5, 5.41) is 14.1. The zero-order chi connectivity index (χ0) is 20.7. The van der Waals surface area contributed by atoms with E-state index in [1.165, 1.54) is 5.56 Å². The van der Waals surface area contributed by atoms with E-state index in [9.17, 15) is 9.59 Å². The lowest BCUT2D eigenvalue weighted by Gasteiger charge is -2.26. The Bertz CT molecular complexity index is 1100. The third-order valence-electron chi connectivity index (χ3n) is 6.22. The number of aryl methyl sites for hydroxylation is 1. The minimum atomic E-state index is -0.104. The summed E-state index contributed by atoms with van der Waals surface area (Å²) in [6.45, 7) is 3.28. The van der Waals surface area contributed by atoms with Crippen LogP contribution in [0.5, 0.6) is 0 Å². The maximum atomic E-state index is 13.4. The lowest BCUT2D eigenvalue weighted by molar-refractivity contribution is -0.129. The van der Waals surface area contributed by atoms with E-state index in [-0.39, 0.29) is 23.9 Å². The molecule has 1 N–H and O–H groups in total. The number of aromatic amines is 1. The number of rotatable bonds is 4. The largest absolute Gasteiger partial charge is 0.333 e. The topological polar surface area (TPSA) is 95.1 Å². The molecule has 2 fully saturated rings. The highest BCUT2D eigenvalue weighted by molar-refractivity contribution is 6.01. The minimum absolute atomic E-state index is 0.0541. The van der Waals surface area contributed by atoms with E-state index in [0.717, 1.165) is 12.0 Å². The second kappa shape index (κ2) is 7.37. The summed E-state index contributed by atoms with van der Waals surface area (Å²) in [4.78, 5) is 30.1. The predicted octanol–water partition coefficient (Wildman–Crippen LogP) is 2.19. The Morgan fingerprint density at radius 2 is 1.93 bits per heavy atom. The summed E-state index contributed by atoms with van der Waals surface area (Å²) in [5.74, 6) is 0.407. The number of H-pyrrole nitrogens is 1. The molecule has 8 nitrogen and oxygen atoms in total. The number of amides is 2. The molecule has 0 aliphatic carbocycles. The Balaban J connectivity index is 1.40. The monoisotopic (exact) mass is 402 g/mol. The molecule has 152 valence electrons. The van der Waals surface area contributed by atoms with Crippen molar-refractivity contribution in [1.29, 1.82) is 0 Å². The predicted molar refractivity (Wildman–Crippen MR) is 109 cm³/mol. The first-order valence-electron chi connectivity index (χ1n) is 10.1. The highest BCUT2D eigenvalue weighted by Crippen LogP contribution is 2.35. The van der Waals surface area contributed by atoms with Gasteiger partial charge in [-0.2, -0.15) is 5.21 Å². The van der Waals surface area contributed by atoms with Crippen molar-refractivity contribution in [3.05, 3.63) is 65.2 Å². The van der Waals surface area contributed by atoms with Crippen molar-refractivity contribution in [2.45, 2.75) is 38.4 Å². The second-order valence-corrected chi connectivity index (χ2v) is 7.86. The van der Waals surface area contributed by atoms with E-state index >= 15 is 0 Å². The van der Waals surface area contributed by atoms with Crippen LogP contribution in [0.25, 0.3) is 11.4 Å². The van der Waals surface area contributed by atoms with Crippen LogP contribution in [0.15, 0.2) is 48.5 Å². The molecular weight excluding hydrogens is 380 g/mol. The maximum Gasteiger partial charge on any atom is 0.254 e. The highest BCUT2D eigenvalue weighted by Gasteiger charge is 2.48. The van der Waals surface area contributed by atoms with E-state index < -0.39 is 0 Å². The molecule has 2 atom stereocenters. The summed E-state index contributed by atoms with van der Waals surface area (Å²) in [6.07, 6.45) is 1.16. The number of nitrogens with one attached hydrogen (secondary N) is 1. The van der Waals surface area contributed by atoms with Gasteiger partial charge in [-0.25, -0.2) is 0 Å². The van der Waals surface area contributed by atoms with Gasteiger partial charge in [0, 0.05) is 25.1 Å². The molecule has 0 bridgehead atoms. The number of carbonyl (C=O) groups excluding carboxylic acids is 2. The number of benzene rings is 2. The number of fused-ring (bicyclic) bond motifs is 1. The van der Waals surface area contributed by atoms with Crippen molar-refractivity contribution in [3.8, 4) is 11.4 Å². The molecule has 3 heterocycles. The lowest BCUT2D eigenvalue weighted by Crippen LogP contribution is -2.40. The summed E-state index contributed by atoms with van der Waals surface area (Å²) in [5.41, 5.74) is 3.50. The average molecular weight is 402 g/mol. The highest BCUT2D eigenvalue weighted by atomic mass is 16.2. The molecule has 0 saturated carbocycles. The number of tetrazole rings is 1. The maximum absolute atomic E-state index is 13.4. The number of aromatic nitrogens is 4. The molecule has 5 rings (SSSR count). The fourth-order valence-corrected chi connectivity index (χ4v) is 4.65. The van der Waals surface area contributed by atoms with Crippen LogP contribution >= 0.6 is 0 Å². The molecule has 2 aliphatic heterocycles. The van der Waals surface area contributed by atoms with Crippen molar-refractivity contribution in [2.75, 3.05) is 6.54 Å². The first-order valence-corrected chi connectivity index (χ1v) is 10.1. The van der Waals surface area contributed by atoms with Crippen LogP contribution in [0.4, 0.5) is 0 Å². The van der Waals surface area contributed by atoms with Crippen LogP contribution in [0, 0.1) is 6.92 Å². The van der Waals surface area contributed by atoms with Crippen LogP contribution in [0.2, 0.25) is 0 Å².